The van der Waals surface area contributed by atoms with E-state index in [1.54, 1.807) is 23.4 Å². The van der Waals surface area contributed by atoms with E-state index in [9.17, 15) is 4.79 Å². The van der Waals surface area contributed by atoms with Crippen LogP contribution in [0.2, 0.25) is 0 Å². The highest BCUT2D eigenvalue weighted by molar-refractivity contribution is 5.69. The normalized spacial score (nSPS) is 10.7. The van der Waals surface area contributed by atoms with Gasteiger partial charge in [-0.3, -0.25) is 14.7 Å². The standard InChI is InChI=1S/C13H14N2O3/c16-13(17)10-15(9-12-5-3-7-18-12)8-11-4-1-2-6-14-11/h1-7H,8-10H2,(H,16,17). The van der Waals surface area contributed by atoms with Crippen LogP contribution < -0.4 is 0 Å². The molecule has 0 saturated carbocycles. The van der Waals surface area contributed by atoms with Crippen LogP contribution in [0.15, 0.2) is 47.2 Å². The molecule has 0 bridgehead atoms. The third kappa shape index (κ3) is 3.71. The molecule has 0 unspecified atom stereocenters. The number of hydrogen-bond acceptors (Lipinski definition) is 4. The molecule has 2 aromatic rings. The van der Waals surface area contributed by atoms with Crippen LogP contribution in [0, 0.1) is 0 Å². The molecule has 5 nitrogen and oxygen atoms in total. The fourth-order valence-electron chi connectivity index (χ4n) is 1.70. The number of aliphatic carboxylic acids is 1. The molecule has 0 fully saturated rings. The number of furan rings is 1. The summed E-state index contributed by atoms with van der Waals surface area (Å²) in [5.74, 6) is -0.121. The van der Waals surface area contributed by atoms with Gasteiger partial charge in [0, 0.05) is 12.7 Å². The summed E-state index contributed by atoms with van der Waals surface area (Å²) < 4.78 is 5.23. The molecule has 0 saturated heterocycles. The summed E-state index contributed by atoms with van der Waals surface area (Å²) in [7, 11) is 0. The van der Waals surface area contributed by atoms with Gasteiger partial charge in [-0.25, -0.2) is 0 Å². The van der Waals surface area contributed by atoms with Crippen LogP contribution in [0.5, 0.6) is 0 Å². The van der Waals surface area contributed by atoms with E-state index in [0.29, 0.717) is 13.1 Å². The smallest absolute Gasteiger partial charge is 0.317 e. The van der Waals surface area contributed by atoms with E-state index in [-0.39, 0.29) is 6.54 Å². The van der Waals surface area contributed by atoms with Gasteiger partial charge < -0.3 is 9.52 Å². The predicted molar refractivity (Wildman–Crippen MR) is 64.7 cm³/mol. The average Bonchev–Trinajstić information content (AvgIpc) is 2.82. The molecule has 0 aliphatic rings. The third-order valence-electron chi connectivity index (χ3n) is 2.43. The lowest BCUT2D eigenvalue weighted by atomic mass is 10.3. The number of aromatic nitrogens is 1. The zero-order valence-electron chi connectivity index (χ0n) is 9.82. The zero-order chi connectivity index (χ0) is 12.8. The van der Waals surface area contributed by atoms with Crippen LogP contribution in [-0.4, -0.2) is 27.5 Å². The highest BCUT2D eigenvalue weighted by Gasteiger charge is 2.12. The minimum atomic E-state index is -0.863. The van der Waals surface area contributed by atoms with Gasteiger partial charge in [0.15, 0.2) is 0 Å². The van der Waals surface area contributed by atoms with E-state index in [2.05, 4.69) is 4.98 Å². The molecule has 2 aromatic heterocycles. The van der Waals surface area contributed by atoms with Crippen molar-refractivity contribution < 1.29 is 14.3 Å². The molecule has 94 valence electrons. The Hall–Kier alpha value is -2.14. The second kappa shape index (κ2) is 5.97. The Kier molecular flexibility index (Phi) is 4.09. The number of pyridine rings is 1. The van der Waals surface area contributed by atoms with Crippen molar-refractivity contribution >= 4 is 5.97 Å². The van der Waals surface area contributed by atoms with Crippen LogP contribution >= 0.6 is 0 Å². The largest absolute Gasteiger partial charge is 0.480 e. The Morgan fingerprint density at radius 2 is 2.17 bits per heavy atom. The molecule has 5 heteroatoms. The lowest BCUT2D eigenvalue weighted by molar-refractivity contribution is -0.138. The SMILES string of the molecule is O=C(O)CN(Cc1ccccn1)Cc1ccco1. The summed E-state index contributed by atoms with van der Waals surface area (Å²) in [6, 6.07) is 9.20. The highest BCUT2D eigenvalue weighted by atomic mass is 16.4. The van der Waals surface area contributed by atoms with Gasteiger partial charge in [-0.1, -0.05) is 6.07 Å². The molecule has 0 amide bonds. The highest BCUT2D eigenvalue weighted by Crippen LogP contribution is 2.08. The van der Waals surface area contributed by atoms with Crippen LogP contribution in [0.25, 0.3) is 0 Å². The monoisotopic (exact) mass is 246 g/mol. The molecule has 0 radical (unpaired) electrons. The lowest BCUT2D eigenvalue weighted by Gasteiger charge is -2.18. The predicted octanol–water partition coefficient (Wildman–Crippen LogP) is 1.76. The van der Waals surface area contributed by atoms with Crippen molar-refractivity contribution in [2.24, 2.45) is 0 Å². The fourth-order valence-corrected chi connectivity index (χ4v) is 1.70. The summed E-state index contributed by atoms with van der Waals surface area (Å²) in [6.07, 6.45) is 3.27. The molecular weight excluding hydrogens is 232 g/mol. The fraction of sp³-hybridized carbons (Fsp3) is 0.231. The van der Waals surface area contributed by atoms with Gasteiger partial charge in [-0.05, 0) is 24.3 Å². The second-order valence-corrected chi connectivity index (χ2v) is 3.94. The third-order valence-corrected chi connectivity index (χ3v) is 2.43. The van der Waals surface area contributed by atoms with E-state index in [1.165, 1.54) is 0 Å². The molecule has 0 aromatic carbocycles. The van der Waals surface area contributed by atoms with Gasteiger partial charge in [0.05, 0.1) is 25.0 Å². The quantitative estimate of drug-likeness (QED) is 0.841. The first-order valence-electron chi connectivity index (χ1n) is 5.60. The molecule has 0 atom stereocenters. The maximum atomic E-state index is 10.8. The summed E-state index contributed by atoms with van der Waals surface area (Å²) in [6.45, 7) is 0.890. The minimum absolute atomic E-state index is 0.0444. The van der Waals surface area contributed by atoms with Gasteiger partial charge in [-0.2, -0.15) is 0 Å². The first kappa shape index (κ1) is 12.3. The van der Waals surface area contributed by atoms with E-state index in [0.717, 1.165) is 11.5 Å². The molecule has 0 aliphatic heterocycles. The number of carboxylic acid groups (broad SMARTS) is 1. The molecular formula is C13H14N2O3. The van der Waals surface area contributed by atoms with Crippen molar-refractivity contribution in [1.29, 1.82) is 0 Å². The van der Waals surface area contributed by atoms with Crippen molar-refractivity contribution in [2.75, 3.05) is 6.54 Å². The van der Waals surface area contributed by atoms with Crippen molar-refractivity contribution in [3.05, 3.63) is 54.2 Å². The van der Waals surface area contributed by atoms with Crippen LogP contribution in [0.1, 0.15) is 11.5 Å². The van der Waals surface area contributed by atoms with Gasteiger partial charge in [-0.15, -0.1) is 0 Å². The average molecular weight is 246 g/mol. The maximum Gasteiger partial charge on any atom is 0.317 e. The van der Waals surface area contributed by atoms with Gasteiger partial charge in [0.25, 0.3) is 0 Å². The van der Waals surface area contributed by atoms with Crippen LogP contribution in [-0.2, 0) is 17.9 Å². The first-order valence-corrected chi connectivity index (χ1v) is 5.60. The molecule has 2 rings (SSSR count). The van der Waals surface area contributed by atoms with Gasteiger partial charge in [0.1, 0.15) is 5.76 Å². The molecule has 0 aliphatic carbocycles. The number of hydrogen-bond donors (Lipinski definition) is 1. The second-order valence-electron chi connectivity index (χ2n) is 3.94. The van der Waals surface area contributed by atoms with E-state index >= 15 is 0 Å². The lowest BCUT2D eigenvalue weighted by Crippen LogP contribution is -2.29. The van der Waals surface area contributed by atoms with Crippen molar-refractivity contribution in [1.82, 2.24) is 9.88 Å². The summed E-state index contributed by atoms with van der Waals surface area (Å²) in [5, 5.41) is 8.90. The zero-order valence-corrected chi connectivity index (χ0v) is 9.82. The molecule has 18 heavy (non-hydrogen) atoms. The molecule has 1 N–H and O–H groups in total. The number of carbonyl (C=O) groups is 1. The summed E-state index contributed by atoms with van der Waals surface area (Å²) in [4.78, 5) is 16.8. The van der Waals surface area contributed by atoms with E-state index in [1.807, 2.05) is 24.3 Å². The molecule has 0 spiro atoms. The van der Waals surface area contributed by atoms with Crippen molar-refractivity contribution in [3.63, 3.8) is 0 Å². The van der Waals surface area contributed by atoms with Gasteiger partial charge in [0.2, 0.25) is 0 Å². The first-order chi connectivity index (χ1) is 8.74. The van der Waals surface area contributed by atoms with Crippen molar-refractivity contribution in [3.8, 4) is 0 Å². The van der Waals surface area contributed by atoms with Crippen molar-refractivity contribution in [2.45, 2.75) is 13.1 Å². The number of nitrogens with zero attached hydrogens (tertiary/aromatic N) is 2. The van der Waals surface area contributed by atoms with E-state index in [4.69, 9.17) is 9.52 Å². The summed E-state index contributed by atoms with van der Waals surface area (Å²) in [5.41, 5.74) is 0.838. The van der Waals surface area contributed by atoms with Crippen LogP contribution in [0.4, 0.5) is 0 Å². The molecule has 2 heterocycles. The number of carboxylic acids is 1. The Bertz CT molecular complexity index is 482. The Morgan fingerprint density at radius 3 is 2.78 bits per heavy atom. The number of rotatable bonds is 6. The maximum absolute atomic E-state index is 10.8. The van der Waals surface area contributed by atoms with E-state index < -0.39 is 5.97 Å². The Labute approximate surface area is 105 Å². The summed E-state index contributed by atoms with van der Waals surface area (Å²) >= 11 is 0. The van der Waals surface area contributed by atoms with Gasteiger partial charge >= 0.3 is 5.97 Å². The Morgan fingerprint density at radius 1 is 1.28 bits per heavy atom. The minimum Gasteiger partial charge on any atom is -0.480 e. The van der Waals surface area contributed by atoms with Crippen LogP contribution in [0.3, 0.4) is 0 Å². The topological polar surface area (TPSA) is 66.6 Å². The Balaban J connectivity index is 2.03.